The molecule has 0 saturated carbocycles. The average Bonchev–Trinajstić information content (AvgIpc) is 1.68. The van der Waals surface area contributed by atoms with Crippen molar-refractivity contribution < 1.29 is 38.1 Å². The first-order valence-corrected chi connectivity index (χ1v) is 32.3. The third-order valence-electron chi connectivity index (χ3n) is 16.7. The minimum atomic E-state index is -1.26. The largest absolute Gasteiger partial charge is 0.458 e. The molecule has 0 aromatic rings. The summed E-state index contributed by atoms with van der Waals surface area (Å²) in [5.41, 5.74) is 13.5. The lowest BCUT2D eigenvalue weighted by atomic mass is 9.72. The number of carbonyl (C=O) groups excluding carboxylic acids is 4. The molecule has 0 bridgehead atoms. The Morgan fingerprint density at radius 3 is 1.03 bits per heavy atom. The fraction of sp³-hybridized carbons (Fsp3) is 0.487. The summed E-state index contributed by atoms with van der Waals surface area (Å²) in [5.74, 6) is -2.37. The second-order valence-electron chi connectivity index (χ2n) is 25.8. The molecule has 4 rings (SSSR count). The van der Waals surface area contributed by atoms with Crippen LogP contribution < -0.4 is 0 Å². The van der Waals surface area contributed by atoms with E-state index in [9.17, 15) is 19.2 Å². The number of ether oxygens (including phenoxy) is 4. The molecule has 0 amide bonds. The van der Waals surface area contributed by atoms with E-state index in [0.29, 0.717) is 24.2 Å². The lowest BCUT2D eigenvalue weighted by Crippen LogP contribution is -2.43. The quantitative estimate of drug-likeness (QED) is 0.0288. The lowest BCUT2D eigenvalue weighted by molar-refractivity contribution is -0.181. The first kappa shape index (κ1) is 73.6. The molecule has 0 aromatic carbocycles. The molecule has 0 spiro atoms. The van der Waals surface area contributed by atoms with Crippen LogP contribution in [-0.4, -0.2) is 98.4 Å². The van der Waals surface area contributed by atoms with Gasteiger partial charge in [-0.1, -0.05) is 218 Å². The molecule has 0 unspecified atom stereocenters. The number of hydrogen-bond donors (Lipinski definition) is 0. The van der Waals surface area contributed by atoms with Crippen molar-refractivity contribution in [1.29, 1.82) is 0 Å². The second-order valence-corrected chi connectivity index (χ2v) is 25.8. The van der Waals surface area contributed by atoms with Gasteiger partial charge in [0.1, 0.15) is 13.2 Å². The Hall–Kier alpha value is -6.88. The van der Waals surface area contributed by atoms with Crippen LogP contribution in [-0.2, 0) is 38.1 Å². The summed E-state index contributed by atoms with van der Waals surface area (Å²) in [4.78, 5) is 58.4. The van der Waals surface area contributed by atoms with Gasteiger partial charge in [-0.15, -0.1) is 0 Å². The van der Waals surface area contributed by atoms with Crippen LogP contribution in [0.3, 0.4) is 0 Å². The third kappa shape index (κ3) is 29.0. The Morgan fingerprint density at radius 1 is 0.420 bits per heavy atom. The topological polar surface area (TPSA) is 112 Å². The summed E-state index contributed by atoms with van der Waals surface area (Å²) in [6, 6.07) is 0. The summed E-state index contributed by atoms with van der Waals surface area (Å²) in [7, 11) is 0. The van der Waals surface area contributed by atoms with Crippen molar-refractivity contribution in [2.75, 3.05) is 52.5 Å². The Balaban J connectivity index is 1.39. The summed E-state index contributed by atoms with van der Waals surface area (Å²) >= 11 is 0. The Bertz CT molecular complexity index is 2740. The van der Waals surface area contributed by atoms with Crippen LogP contribution in [0.15, 0.2) is 213 Å². The van der Waals surface area contributed by atoms with Gasteiger partial charge in [-0.05, 0) is 182 Å². The number of allylic oxidation sites excluding steroid dienone is 34. The van der Waals surface area contributed by atoms with Gasteiger partial charge in [0.25, 0.3) is 0 Å². The maximum absolute atomic E-state index is 13.5. The molecule has 0 aromatic heterocycles. The second kappa shape index (κ2) is 39.2. The molecule has 2 heterocycles. The van der Waals surface area contributed by atoms with Crippen molar-refractivity contribution in [1.82, 2.24) is 9.80 Å². The number of esters is 4. The minimum absolute atomic E-state index is 0.0878. The third-order valence-corrected chi connectivity index (χ3v) is 16.7. The molecule has 478 valence electrons. The van der Waals surface area contributed by atoms with E-state index in [-0.39, 0.29) is 23.7 Å². The van der Waals surface area contributed by atoms with Crippen molar-refractivity contribution in [2.45, 2.75) is 186 Å². The van der Waals surface area contributed by atoms with Crippen LogP contribution in [0.25, 0.3) is 0 Å². The molecule has 4 aliphatic rings. The van der Waals surface area contributed by atoms with Gasteiger partial charge < -0.3 is 28.7 Å². The van der Waals surface area contributed by atoms with Gasteiger partial charge in [-0.3, -0.25) is 9.59 Å². The molecule has 2 atom stereocenters. The van der Waals surface area contributed by atoms with Gasteiger partial charge in [-0.25, -0.2) is 9.59 Å². The molecule has 2 aliphatic carbocycles. The van der Waals surface area contributed by atoms with Crippen LogP contribution in [0, 0.1) is 10.8 Å². The van der Waals surface area contributed by atoms with E-state index in [1.165, 1.54) is 72.0 Å². The molecule has 2 saturated heterocycles. The molecule has 10 nitrogen and oxygen atoms in total. The van der Waals surface area contributed by atoms with Crippen LogP contribution in [0.5, 0.6) is 0 Å². The van der Waals surface area contributed by atoms with Crippen molar-refractivity contribution in [3.05, 3.63) is 213 Å². The summed E-state index contributed by atoms with van der Waals surface area (Å²) in [6.45, 7) is 33.2. The number of hydrogen-bond acceptors (Lipinski definition) is 10. The first-order chi connectivity index (χ1) is 41.9. The number of nitrogens with zero attached hydrogens (tertiary/aromatic N) is 2. The maximum atomic E-state index is 13.5. The molecule has 88 heavy (non-hydrogen) atoms. The number of likely N-dealkylation sites (tertiary alicyclic amines) is 2. The molecular weight excluding hydrogens is 1090 g/mol. The zero-order valence-electron chi connectivity index (χ0n) is 56.3. The first-order valence-electron chi connectivity index (χ1n) is 32.3. The van der Waals surface area contributed by atoms with Crippen LogP contribution in [0.1, 0.15) is 174 Å². The van der Waals surface area contributed by atoms with Crippen LogP contribution in [0.2, 0.25) is 0 Å². The smallest absolute Gasteiger partial charge is 0.333 e. The van der Waals surface area contributed by atoms with Gasteiger partial charge in [-0.2, -0.15) is 0 Å². The standard InChI is InChI=1S/C78H108N2O8/c1-59(33-23-35-63(5)43-45-69-65(7)41-27-49-77(69,11)12)29-15-17-31-61(3)37-25-39-67(9)75(83)85-57-71(87-73(81)47-55-79-51-19-20-52-79)72(88-74(82)48-56-80-53-21-22-54-80)58-86-76(84)68(10)40-26-38-62(4)32-18-16-30-60(2)34-24-36-64(6)44-46-70-66(8)42-28-50-78(70,13)14/h15-18,23-26,29-40,43-46,71-72H,19-22,27-28,41-42,47-58H2,1-14H3/b17-15+,18-16+,33-23+,34-24+,37-25+,38-26+,45-43+,46-44+,59-29+,60-30+,61-31+,62-32+,63-35+,64-36+,67-39-,68-40-/t71-,72+. The molecule has 10 heteroatoms. The zero-order chi connectivity index (χ0) is 64.5. The minimum Gasteiger partial charge on any atom is -0.458 e. The summed E-state index contributed by atoms with van der Waals surface area (Å²) < 4.78 is 23.5. The van der Waals surface area contributed by atoms with Crippen molar-refractivity contribution >= 4 is 23.9 Å². The SMILES string of the molecule is CC1=C(/C=C/C(C)=C/C=C/C(C)=C/C=C/C=C(C)/C=C/C=C(/C)C(=O)OC[C@H](OC(=O)CCN2CCCC2)[C@@H](COC(=O)\C(C)=C/C=C/C(C)=C/C=C/C=C(C)/C=C/C=C(C)/C=C/C2=C(C)CCCC2(C)C)OC(=O)CCN2CCCC2)C(C)(C)CCC1. The van der Waals surface area contributed by atoms with Gasteiger partial charge in [0.2, 0.25) is 0 Å². The molecule has 0 radical (unpaired) electrons. The van der Waals surface area contributed by atoms with Crippen molar-refractivity contribution in [3.8, 4) is 0 Å². The fourth-order valence-corrected chi connectivity index (χ4v) is 11.1. The highest BCUT2D eigenvalue weighted by Crippen LogP contribution is 2.42. The molecule has 0 N–H and O–H groups in total. The fourth-order valence-electron chi connectivity index (χ4n) is 11.1. The summed E-state index contributed by atoms with van der Waals surface area (Å²) in [5, 5.41) is 0. The van der Waals surface area contributed by atoms with Gasteiger partial charge in [0.15, 0.2) is 12.2 Å². The van der Waals surface area contributed by atoms with E-state index in [1.807, 2.05) is 62.5 Å². The maximum Gasteiger partial charge on any atom is 0.333 e. The van der Waals surface area contributed by atoms with Crippen LogP contribution >= 0.6 is 0 Å². The predicted molar refractivity (Wildman–Crippen MR) is 366 cm³/mol. The Labute approximate surface area is 531 Å². The van der Waals surface area contributed by atoms with E-state index < -0.39 is 49.3 Å². The molecule has 2 aliphatic heterocycles. The van der Waals surface area contributed by atoms with E-state index in [4.69, 9.17) is 18.9 Å². The monoisotopic (exact) mass is 1200 g/mol. The van der Waals surface area contributed by atoms with Gasteiger partial charge >= 0.3 is 23.9 Å². The summed E-state index contributed by atoms with van der Waals surface area (Å²) in [6.07, 6.45) is 57.5. The van der Waals surface area contributed by atoms with Crippen molar-refractivity contribution in [3.63, 3.8) is 0 Å². The highest BCUT2D eigenvalue weighted by Gasteiger charge is 2.33. The molecule has 2 fully saturated rings. The van der Waals surface area contributed by atoms with Crippen LogP contribution in [0.4, 0.5) is 0 Å². The average molecular weight is 1200 g/mol. The van der Waals surface area contributed by atoms with Gasteiger partial charge in [0.05, 0.1) is 12.8 Å². The lowest BCUT2D eigenvalue weighted by Gasteiger charge is -2.33. The van der Waals surface area contributed by atoms with Gasteiger partial charge in [0, 0.05) is 24.2 Å². The van der Waals surface area contributed by atoms with E-state index in [0.717, 1.165) is 74.2 Å². The Morgan fingerprint density at radius 2 is 0.716 bits per heavy atom. The zero-order valence-corrected chi connectivity index (χ0v) is 56.3. The van der Waals surface area contributed by atoms with E-state index >= 15 is 0 Å². The highest BCUT2D eigenvalue weighted by atomic mass is 16.6. The highest BCUT2D eigenvalue weighted by molar-refractivity contribution is 5.88. The van der Waals surface area contributed by atoms with E-state index in [1.54, 1.807) is 38.2 Å². The van der Waals surface area contributed by atoms with E-state index in [2.05, 4.69) is 152 Å². The van der Waals surface area contributed by atoms with Crippen molar-refractivity contribution in [2.24, 2.45) is 10.8 Å². The Kier molecular flexibility index (Phi) is 32.8. The molecular formula is C78H108N2O8. The number of carbonyl (C=O) groups is 4. The normalized spacial score (nSPS) is 20.3. The predicted octanol–water partition coefficient (Wildman–Crippen LogP) is 17.9. The number of rotatable bonds is 31.